The fourth-order valence-corrected chi connectivity index (χ4v) is 2.66. The topological polar surface area (TPSA) is 69.6 Å². The number of carboxylic acids is 1. The SMILES string of the molecule is CCCCC[C@@H](O)/C=C\CCC[C@H](CCCC(=O)O)CNC. The number of nitrogens with one attached hydrogen (secondary N) is 1. The van der Waals surface area contributed by atoms with E-state index < -0.39 is 5.97 Å². The van der Waals surface area contributed by atoms with Gasteiger partial charge in [0.1, 0.15) is 0 Å². The summed E-state index contributed by atoms with van der Waals surface area (Å²) in [5.41, 5.74) is 0. The Labute approximate surface area is 136 Å². The number of rotatable bonds is 15. The molecule has 0 rings (SSSR count). The van der Waals surface area contributed by atoms with Crippen LogP contribution in [0, 0.1) is 5.92 Å². The minimum absolute atomic E-state index is 0.268. The zero-order valence-corrected chi connectivity index (χ0v) is 14.4. The van der Waals surface area contributed by atoms with E-state index >= 15 is 0 Å². The van der Waals surface area contributed by atoms with Gasteiger partial charge in [0.15, 0.2) is 0 Å². The van der Waals surface area contributed by atoms with E-state index in [1.165, 1.54) is 12.8 Å². The number of aliphatic hydroxyl groups excluding tert-OH is 1. The molecule has 2 atom stereocenters. The van der Waals surface area contributed by atoms with Crippen molar-refractivity contribution in [2.24, 2.45) is 5.92 Å². The van der Waals surface area contributed by atoms with E-state index in [0.29, 0.717) is 5.92 Å². The van der Waals surface area contributed by atoms with Gasteiger partial charge in [-0.05, 0) is 58.0 Å². The van der Waals surface area contributed by atoms with Crippen LogP contribution in [0.5, 0.6) is 0 Å². The van der Waals surface area contributed by atoms with Crippen molar-refractivity contribution in [3.63, 3.8) is 0 Å². The number of carbonyl (C=O) groups is 1. The van der Waals surface area contributed by atoms with Crippen molar-refractivity contribution in [2.45, 2.75) is 77.2 Å². The Morgan fingerprint density at radius 2 is 1.86 bits per heavy atom. The summed E-state index contributed by atoms with van der Waals surface area (Å²) in [6.45, 7) is 3.11. The summed E-state index contributed by atoms with van der Waals surface area (Å²) in [4.78, 5) is 10.5. The van der Waals surface area contributed by atoms with E-state index in [-0.39, 0.29) is 12.5 Å². The van der Waals surface area contributed by atoms with Crippen molar-refractivity contribution < 1.29 is 15.0 Å². The van der Waals surface area contributed by atoms with Crippen LogP contribution in [0.4, 0.5) is 0 Å². The van der Waals surface area contributed by atoms with Crippen LogP contribution in [0.3, 0.4) is 0 Å². The van der Waals surface area contributed by atoms with Gasteiger partial charge < -0.3 is 15.5 Å². The summed E-state index contributed by atoms with van der Waals surface area (Å²) in [6.07, 6.45) is 13.2. The molecule has 0 aromatic rings. The quantitative estimate of drug-likeness (QED) is 0.318. The third-order valence-electron chi connectivity index (χ3n) is 3.94. The summed E-state index contributed by atoms with van der Waals surface area (Å²) in [5.74, 6) is -0.157. The van der Waals surface area contributed by atoms with Gasteiger partial charge in [-0.15, -0.1) is 0 Å². The number of allylic oxidation sites excluding steroid dienone is 1. The molecule has 0 aromatic heterocycles. The van der Waals surface area contributed by atoms with Crippen molar-refractivity contribution >= 4 is 5.97 Å². The van der Waals surface area contributed by atoms with Gasteiger partial charge >= 0.3 is 5.97 Å². The van der Waals surface area contributed by atoms with Crippen LogP contribution >= 0.6 is 0 Å². The highest BCUT2D eigenvalue weighted by Gasteiger charge is 2.08. The van der Waals surface area contributed by atoms with Crippen molar-refractivity contribution in [3.05, 3.63) is 12.2 Å². The Bertz CT molecular complexity index is 292. The largest absolute Gasteiger partial charge is 0.481 e. The van der Waals surface area contributed by atoms with Gasteiger partial charge in [0.05, 0.1) is 6.10 Å². The average molecular weight is 313 g/mol. The van der Waals surface area contributed by atoms with E-state index in [0.717, 1.165) is 51.5 Å². The lowest BCUT2D eigenvalue weighted by Gasteiger charge is -2.15. The zero-order valence-electron chi connectivity index (χ0n) is 14.4. The van der Waals surface area contributed by atoms with Crippen LogP contribution < -0.4 is 5.32 Å². The summed E-state index contributed by atoms with van der Waals surface area (Å²) in [7, 11) is 1.94. The van der Waals surface area contributed by atoms with Crippen LogP contribution in [0.2, 0.25) is 0 Å². The Kier molecular flexibility index (Phi) is 14.4. The Morgan fingerprint density at radius 3 is 2.50 bits per heavy atom. The predicted octanol–water partition coefficient (Wildman–Crippen LogP) is 3.74. The second-order valence-electron chi connectivity index (χ2n) is 6.13. The molecule has 0 amide bonds. The molecule has 0 aliphatic carbocycles. The molecule has 0 radical (unpaired) electrons. The first-order valence-corrected chi connectivity index (χ1v) is 8.81. The fraction of sp³-hybridized carbons (Fsp3) is 0.833. The van der Waals surface area contributed by atoms with E-state index in [1.807, 2.05) is 13.1 Å². The monoisotopic (exact) mass is 313 g/mol. The van der Waals surface area contributed by atoms with Gasteiger partial charge in [0.25, 0.3) is 0 Å². The van der Waals surface area contributed by atoms with Crippen molar-refractivity contribution in [1.82, 2.24) is 5.32 Å². The van der Waals surface area contributed by atoms with Gasteiger partial charge in [-0.25, -0.2) is 0 Å². The van der Waals surface area contributed by atoms with Crippen LogP contribution in [0.1, 0.15) is 71.1 Å². The average Bonchev–Trinajstić information content (AvgIpc) is 2.46. The molecule has 0 bridgehead atoms. The Balaban J connectivity index is 3.75. The van der Waals surface area contributed by atoms with E-state index in [4.69, 9.17) is 5.11 Å². The highest BCUT2D eigenvalue weighted by atomic mass is 16.4. The standard InChI is InChI=1S/C18H35NO3/c1-3-4-6-12-17(20)13-8-5-7-10-16(15-19-2)11-9-14-18(21)22/h8,13,16-17,19-20H,3-7,9-12,14-15H2,1-2H3,(H,21,22)/b13-8-/t16-,17-/m1/s1. The van der Waals surface area contributed by atoms with Gasteiger partial charge in [-0.1, -0.05) is 38.3 Å². The third kappa shape index (κ3) is 14.1. The van der Waals surface area contributed by atoms with Crippen LogP contribution in [-0.4, -0.2) is 35.9 Å². The molecule has 4 heteroatoms. The normalized spacial score (nSPS) is 14.3. The van der Waals surface area contributed by atoms with Gasteiger partial charge in [-0.2, -0.15) is 0 Å². The van der Waals surface area contributed by atoms with Crippen molar-refractivity contribution in [3.8, 4) is 0 Å². The second-order valence-corrected chi connectivity index (χ2v) is 6.13. The van der Waals surface area contributed by atoms with Crippen molar-refractivity contribution in [2.75, 3.05) is 13.6 Å². The molecule has 4 nitrogen and oxygen atoms in total. The van der Waals surface area contributed by atoms with Crippen LogP contribution in [0.25, 0.3) is 0 Å². The summed E-state index contributed by atoms with van der Waals surface area (Å²) in [6, 6.07) is 0. The Hall–Kier alpha value is -0.870. The first-order valence-electron chi connectivity index (χ1n) is 8.81. The Morgan fingerprint density at radius 1 is 1.14 bits per heavy atom. The molecule has 22 heavy (non-hydrogen) atoms. The molecule has 130 valence electrons. The number of unbranched alkanes of at least 4 members (excludes halogenated alkanes) is 3. The third-order valence-corrected chi connectivity index (χ3v) is 3.94. The van der Waals surface area contributed by atoms with Gasteiger partial charge in [0, 0.05) is 6.42 Å². The highest BCUT2D eigenvalue weighted by molar-refractivity contribution is 5.66. The molecule has 0 aliphatic rings. The number of hydrogen-bond acceptors (Lipinski definition) is 3. The smallest absolute Gasteiger partial charge is 0.303 e. The molecule has 0 aliphatic heterocycles. The highest BCUT2D eigenvalue weighted by Crippen LogP contribution is 2.16. The molecule has 0 saturated carbocycles. The maximum absolute atomic E-state index is 10.5. The summed E-state index contributed by atoms with van der Waals surface area (Å²) < 4.78 is 0. The minimum Gasteiger partial charge on any atom is -0.481 e. The number of hydrogen-bond donors (Lipinski definition) is 3. The second kappa shape index (κ2) is 15.0. The molecule has 3 N–H and O–H groups in total. The maximum Gasteiger partial charge on any atom is 0.303 e. The van der Waals surface area contributed by atoms with Crippen LogP contribution in [0.15, 0.2) is 12.2 Å². The van der Waals surface area contributed by atoms with E-state index in [1.54, 1.807) is 0 Å². The predicted molar refractivity (Wildman–Crippen MR) is 92.0 cm³/mol. The molecule has 0 aromatic carbocycles. The van der Waals surface area contributed by atoms with Gasteiger partial charge in [0.2, 0.25) is 0 Å². The number of carboxylic acid groups (broad SMARTS) is 1. The zero-order chi connectivity index (χ0) is 16.6. The van der Waals surface area contributed by atoms with E-state index in [2.05, 4.69) is 18.3 Å². The molecular weight excluding hydrogens is 278 g/mol. The van der Waals surface area contributed by atoms with Gasteiger partial charge in [-0.3, -0.25) is 4.79 Å². The molecule has 0 fully saturated rings. The first-order chi connectivity index (χ1) is 10.6. The maximum atomic E-state index is 10.5. The van der Waals surface area contributed by atoms with Crippen molar-refractivity contribution in [1.29, 1.82) is 0 Å². The molecule has 0 heterocycles. The molecule has 0 spiro atoms. The number of aliphatic hydroxyl groups is 1. The molecular formula is C18H35NO3. The number of aliphatic carboxylic acids is 1. The molecule has 0 unspecified atom stereocenters. The lowest BCUT2D eigenvalue weighted by atomic mass is 9.95. The molecule has 0 saturated heterocycles. The van der Waals surface area contributed by atoms with E-state index in [9.17, 15) is 9.90 Å². The first kappa shape index (κ1) is 21.1. The fourth-order valence-electron chi connectivity index (χ4n) is 2.66. The lowest BCUT2D eigenvalue weighted by molar-refractivity contribution is -0.137. The summed E-state index contributed by atoms with van der Waals surface area (Å²) >= 11 is 0. The summed E-state index contributed by atoms with van der Waals surface area (Å²) in [5, 5.41) is 21.7. The minimum atomic E-state index is -0.705. The van der Waals surface area contributed by atoms with Crippen LogP contribution in [-0.2, 0) is 4.79 Å². The lowest BCUT2D eigenvalue weighted by Crippen LogP contribution is -2.19.